The normalized spacial score (nSPS) is 60.0. The first-order chi connectivity index (χ1) is 11.3. The standard InChI is InChI=1S/C20H28O3S2/c1-15(2)11-7-9-17(15,5)13(21)19(11)24-20(25(19)23)12-8-10-18(6,14(20)22)16(12,3)4/h11-12H,7-10H2,1-6H3/t11-,12-,17-,18-,19?,20?,25?/m0/s1. The fourth-order valence-corrected chi connectivity index (χ4v) is 13.8. The molecule has 0 aromatic rings. The minimum atomic E-state index is -1.40. The van der Waals surface area contributed by atoms with Crippen LogP contribution in [0.15, 0.2) is 0 Å². The molecule has 4 aliphatic carbocycles. The van der Waals surface area contributed by atoms with Gasteiger partial charge in [0.25, 0.3) is 0 Å². The zero-order valence-electron chi connectivity index (χ0n) is 16.0. The van der Waals surface area contributed by atoms with Gasteiger partial charge in [0.1, 0.15) is 0 Å². The van der Waals surface area contributed by atoms with Gasteiger partial charge < -0.3 is 0 Å². The quantitative estimate of drug-likeness (QED) is 0.639. The Hall–Kier alpha value is -0.160. The first-order valence-electron chi connectivity index (χ1n) is 9.57. The Morgan fingerprint density at radius 1 is 0.800 bits per heavy atom. The van der Waals surface area contributed by atoms with Crippen molar-refractivity contribution >= 4 is 34.1 Å². The molecule has 0 amide bonds. The fourth-order valence-electron chi connectivity index (χ4n) is 7.38. The molecule has 5 rings (SSSR count). The van der Waals surface area contributed by atoms with Crippen LogP contribution in [-0.2, 0) is 20.4 Å². The summed E-state index contributed by atoms with van der Waals surface area (Å²) in [4.78, 5) is 27.0. The number of fused-ring (bicyclic) bond motifs is 6. The average molecular weight is 381 g/mol. The Balaban J connectivity index is 1.64. The largest absolute Gasteiger partial charge is 0.296 e. The highest BCUT2D eigenvalue weighted by molar-refractivity contribution is 8.31. The highest BCUT2D eigenvalue weighted by Crippen LogP contribution is 2.83. The van der Waals surface area contributed by atoms with Crippen molar-refractivity contribution < 1.29 is 13.8 Å². The summed E-state index contributed by atoms with van der Waals surface area (Å²) in [5.74, 6) is 0.621. The van der Waals surface area contributed by atoms with Crippen molar-refractivity contribution in [1.29, 1.82) is 0 Å². The molecule has 2 spiro atoms. The van der Waals surface area contributed by atoms with Crippen LogP contribution in [0.5, 0.6) is 0 Å². The molecule has 138 valence electrons. The van der Waals surface area contributed by atoms with Crippen LogP contribution in [0.2, 0.25) is 0 Å². The third kappa shape index (κ3) is 1.24. The van der Waals surface area contributed by atoms with Gasteiger partial charge in [-0.15, -0.1) is 11.8 Å². The first-order valence-corrected chi connectivity index (χ1v) is 11.5. The van der Waals surface area contributed by atoms with Gasteiger partial charge in [-0.1, -0.05) is 41.5 Å². The summed E-state index contributed by atoms with van der Waals surface area (Å²) in [7, 11) is -1.40. The third-order valence-corrected chi connectivity index (χ3v) is 14.9. The van der Waals surface area contributed by atoms with E-state index in [2.05, 4.69) is 41.5 Å². The highest BCUT2D eigenvalue weighted by Gasteiger charge is 2.89. The van der Waals surface area contributed by atoms with E-state index in [-0.39, 0.29) is 45.1 Å². The van der Waals surface area contributed by atoms with Gasteiger partial charge in [0.05, 0.1) is 10.8 Å². The number of carbonyl (C=O) groups excluding carboxylic acids is 2. The van der Waals surface area contributed by atoms with Crippen LogP contribution >= 0.6 is 11.8 Å². The molecule has 2 unspecified atom stereocenters. The van der Waals surface area contributed by atoms with Crippen molar-refractivity contribution in [3.8, 4) is 0 Å². The van der Waals surface area contributed by atoms with Crippen LogP contribution in [0, 0.1) is 33.5 Å². The molecule has 4 saturated carbocycles. The third-order valence-electron chi connectivity index (χ3n) is 9.86. The molecular weight excluding hydrogens is 352 g/mol. The summed E-state index contributed by atoms with van der Waals surface area (Å²) in [6, 6.07) is 0. The summed E-state index contributed by atoms with van der Waals surface area (Å²) in [6.45, 7) is 12.8. The lowest BCUT2D eigenvalue weighted by Gasteiger charge is -2.57. The maximum absolute atomic E-state index is 13.9. The first kappa shape index (κ1) is 17.0. The Kier molecular flexibility index (Phi) is 2.71. The lowest BCUT2D eigenvalue weighted by atomic mass is 9.70. The van der Waals surface area contributed by atoms with Crippen molar-refractivity contribution in [3.05, 3.63) is 0 Å². The highest BCUT2D eigenvalue weighted by atomic mass is 32.3. The number of thioether (sulfide) groups is 1. The van der Waals surface area contributed by atoms with E-state index in [1.165, 1.54) is 0 Å². The molecular formula is C20H28O3S2. The van der Waals surface area contributed by atoms with Gasteiger partial charge in [0, 0.05) is 10.8 Å². The van der Waals surface area contributed by atoms with Crippen LogP contribution < -0.4 is 0 Å². The summed E-state index contributed by atoms with van der Waals surface area (Å²) < 4.78 is 12.3. The lowest BCUT2D eigenvalue weighted by Crippen LogP contribution is -2.69. The second kappa shape index (κ2) is 3.99. The Bertz CT molecular complexity index is 724. The number of Topliss-reactive ketones (excluding diaryl/α,β-unsaturated/α-hetero) is 2. The van der Waals surface area contributed by atoms with Gasteiger partial charge >= 0.3 is 0 Å². The minimum Gasteiger partial charge on any atom is -0.296 e. The number of rotatable bonds is 0. The summed E-state index contributed by atoms with van der Waals surface area (Å²) in [5, 5.41) is 0. The van der Waals surface area contributed by atoms with Crippen molar-refractivity contribution in [2.45, 2.75) is 75.4 Å². The predicted octanol–water partition coefficient (Wildman–Crippen LogP) is 3.92. The molecule has 5 fully saturated rings. The van der Waals surface area contributed by atoms with Gasteiger partial charge in [-0.3, -0.25) is 13.8 Å². The van der Waals surface area contributed by atoms with Crippen LogP contribution in [0.25, 0.3) is 0 Å². The van der Waals surface area contributed by atoms with Gasteiger partial charge in [-0.25, -0.2) is 0 Å². The van der Waals surface area contributed by atoms with Crippen LogP contribution in [0.1, 0.15) is 67.2 Å². The van der Waals surface area contributed by atoms with Gasteiger partial charge in [0.15, 0.2) is 19.7 Å². The van der Waals surface area contributed by atoms with Crippen molar-refractivity contribution in [2.75, 3.05) is 0 Å². The van der Waals surface area contributed by atoms with Gasteiger partial charge in [-0.05, 0) is 48.3 Å². The summed E-state index contributed by atoms with van der Waals surface area (Å²) >= 11 is 1.55. The van der Waals surface area contributed by atoms with E-state index in [0.29, 0.717) is 0 Å². The number of hydrogen-bond acceptors (Lipinski definition) is 4. The maximum atomic E-state index is 13.9. The van der Waals surface area contributed by atoms with Crippen LogP contribution in [0.3, 0.4) is 0 Å². The number of carbonyl (C=O) groups is 2. The lowest BCUT2D eigenvalue weighted by molar-refractivity contribution is -0.129. The zero-order chi connectivity index (χ0) is 18.4. The van der Waals surface area contributed by atoms with E-state index in [9.17, 15) is 13.8 Å². The molecule has 5 aliphatic rings. The van der Waals surface area contributed by atoms with Gasteiger partial charge in [0.2, 0.25) is 0 Å². The van der Waals surface area contributed by atoms with E-state index in [1.54, 1.807) is 11.8 Å². The Labute approximate surface area is 156 Å². The molecule has 6 atom stereocenters. The van der Waals surface area contributed by atoms with E-state index >= 15 is 0 Å². The van der Waals surface area contributed by atoms with Crippen molar-refractivity contribution in [1.82, 2.24) is 0 Å². The van der Waals surface area contributed by atoms with E-state index < -0.39 is 19.0 Å². The fraction of sp³-hybridized carbons (Fsp3) is 0.900. The summed E-state index contributed by atoms with van der Waals surface area (Å²) in [5.41, 5.74) is -1.03. The molecule has 0 radical (unpaired) electrons. The molecule has 1 heterocycles. The average Bonchev–Trinajstić information content (AvgIpc) is 3.00. The minimum absolute atomic E-state index is 0.131. The Morgan fingerprint density at radius 3 is 1.40 bits per heavy atom. The van der Waals surface area contributed by atoms with Gasteiger partial charge in [-0.2, -0.15) is 0 Å². The molecule has 0 aromatic carbocycles. The Morgan fingerprint density at radius 2 is 1.16 bits per heavy atom. The van der Waals surface area contributed by atoms with Crippen molar-refractivity contribution in [3.63, 3.8) is 0 Å². The smallest absolute Gasteiger partial charge is 0.168 e. The van der Waals surface area contributed by atoms with E-state index in [1.807, 2.05) is 0 Å². The topological polar surface area (TPSA) is 51.2 Å². The maximum Gasteiger partial charge on any atom is 0.168 e. The second-order valence-corrected chi connectivity index (χ2v) is 14.5. The molecule has 1 saturated heterocycles. The summed E-state index contributed by atoms with van der Waals surface area (Å²) in [6.07, 6.45) is 3.72. The van der Waals surface area contributed by atoms with Crippen LogP contribution in [0.4, 0.5) is 0 Å². The SMILES string of the molecule is CC1(C)[C@@H]2CC[C@@]1(C)C(=O)C21SC2(C(=O)[C@]3(C)CC[C@H]2C3(C)C)S1=O. The monoisotopic (exact) mass is 380 g/mol. The second-order valence-electron chi connectivity index (χ2n) is 10.7. The molecule has 4 bridgehead atoms. The molecule has 1 aliphatic heterocycles. The van der Waals surface area contributed by atoms with E-state index in [0.717, 1.165) is 25.7 Å². The number of hydrogen-bond donors (Lipinski definition) is 0. The molecule has 5 heteroatoms. The molecule has 25 heavy (non-hydrogen) atoms. The number of ketones is 2. The van der Waals surface area contributed by atoms with Crippen molar-refractivity contribution in [2.24, 2.45) is 33.5 Å². The molecule has 0 aromatic heterocycles. The van der Waals surface area contributed by atoms with Crippen LogP contribution in [-0.4, -0.2) is 23.9 Å². The zero-order valence-corrected chi connectivity index (χ0v) is 17.7. The predicted molar refractivity (Wildman–Crippen MR) is 100 cm³/mol. The molecule has 0 N–H and O–H groups in total. The molecule has 3 nitrogen and oxygen atoms in total. The van der Waals surface area contributed by atoms with E-state index in [4.69, 9.17) is 0 Å².